The van der Waals surface area contributed by atoms with Crippen LogP contribution in [0.25, 0.3) is 10.9 Å². The highest BCUT2D eigenvalue weighted by molar-refractivity contribution is 9.10. The fourth-order valence-corrected chi connectivity index (χ4v) is 4.70. The van der Waals surface area contributed by atoms with E-state index in [1.54, 1.807) is 24.4 Å². The van der Waals surface area contributed by atoms with Crippen molar-refractivity contribution in [2.75, 3.05) is 19.0 Å². The molecule has 0 spiro atoms. The molecule has 0 radical (unpaired) electrons. The van der Waals surface area contributed by atoms with Gasteiger partial charge < -0.3 is 14.8 Å². The van der Waals surface area contributed by atoms with Crippen molar-refractivity contribution in [1.82, 2.24) is 9.66 Å². The Bertz CT molecular complexity index is 1600. The number of hydrogen-bond donors (Lipinski definition) is 1. The third-order valence-electron chi connectivity index (χ3n) is 5.69. The lowest BCUT2D eigenvalue weighted by Gasteiger charge is -2.14. The molecule has 0 saturated heterocycles. The van der Waals surface area contributed by atoms with Gasteiger partial charge in [-0.1, -0.05) is 48.0 Å². The van der Waals surface area contributed by atoms with Gasteiger partial charge in [-0.05, 0) is 70.4 Å². The Morgan fingerprint density at radius 1 is 1.16 bits per heavy atom. The number of para-hydroxylation sites is 1. The fraction of sp³-hybridized carbons (Fsp3) is 0.214. The fourth-order valence-electron chi connectivity index (χ4n) is 3.77. The molecule has 0 fully saturated rings. The molecule has 1 aromatic heterocycles. The van der Waals surface area contributed by atoms with Crippen molar-refractivity contribution in [2.45, 2.75) is 26.7 Å². The highest BCUT2D eigenvalue weighted by Crippen LogP contribution is 2.36. The van der Waals surface area contributed by atoms with Gasteiger partial charge in [0.15, 0.2) is 18.1 Å². The number of carbonyl (C=O) groups excluding carboxylic acids is 1. The number of halogens is 2. The van der Waals surface area contributed by atoms with Crippen LogP contribution in [-0.4, -0.2) is 35.5 Å². The molecule has 196 valence electrons. The molecule has 10 heteroatoms. The van der Waals surface area contributed by atoms with Gasteiger partial charge in [0.05, 0.1) is 28.7 Å². The van der Waals surface area contributed by atoms with Gasteiger partial charge in [-0.3, -0.25) is 9.59 Å². The summed E-state index contributed by atoms with van der Waals surface area (Å²) in [4.78, 5) is 30.4. The van der Waals surface area contributed by atoms with Crippen molar-refractivity contribution in [3.05, 3.63) is 90.8 Å². The monoisotopic (exact) mass is 640 g/mol. The van der Waals surface area contributed by atoms with Crippen molar-refractivity contribution in [2.24, 2.45) is 5.10 Å². The van der Waals surface area contributed by atoms with Crippen molar-refractivity contribution < 1.29 is 14.3 Å². The molecule has 0 aliphatic heterocycles. The Morgan fingerprint density at radius 3 is 2.63 bits per heavy atom. The van der Waals surface area contributed by atoms with Gasteiger partial charge in [-0.15, -0.1) is 0 Å². The first-order chi connectivity index (χ1) is 18.2. The predicted octanol–water partition coefficient (Wildman–Crippen LogP) is 6.26. The van der Waals surface area contributed by atoms with E-state index < -0.39 is 0 Å². The van der Waals surface area contributed by atoms with Crippen LogP contribution in [0.3, 0.4) is 0 Å². The van der Waals surface area contributed by atoms with Gasteiger partial charge in [0.1, 0.15) is 5.82 Å². The van der Waals surface area contributed by atoms with Crippen LogP contribution in [-0.2, 0) is 4.79 Å². The van der Waals surface area contributed by atoms with Gasteiger partial charge in [-0.2, -0.15) is 9.78 Å². The number of ether oxygens (including phenoxy) is 2. The van der Waals surface area contributed by atoms with Crippen molar-refractivity contribution in [3.8, 4) is 11.5 Å². The molecule has 0 aliphatic rings. The lowest BCUT2D eigenvalue weighted by atomic mass is 10.2. The maximum atomic E-state index is 13.3. The number of amides is 1. The minimum Gasteiger partial charge on any atom is -0.493 e. The zero-order valence-electron chi connectivity index (χ0n) is 21.3. The molecule has 0 unspecified atom stereocenters. The summed E-state index contributed by atoms with van der Waals surface area (Å²) in [5.74, 6) is 1.00. The topological polar surface area (TPSA) is 94.8 Å². The number of rotatable bonds is 8. The molecule has 1 heterocycles. The molecular weight excluding hydrogens is 616 g/mol. The molecule has 0 atom stereocenters. The third-order valence-corrected chi connectivity index (χ3v) is 6.77. The summed E-state index contributed by atoms with van der Waals surface area (Å²) >= 11 is 6.92. The summed E-state index contributed by atoms with van der Waals surface area (Å²) in [5.41, 5.74) is 2.69. The maximum Gasteiger partial charge on any atom is 0.282 e. The summed E-state index contributed by atoms with van der Waals surface area (Å²) in [6.45, 7) is 5.63. The number of anilines is 1. The van der Waals surface area contributed by atoms with Crippen LogP contribution in [0, 0.1) is 6.92 Å². The molecular formula is C28H26Br2N4O4. The maximum absolute atomic E-state index is 13.3. The Kier molecular flexibility index (Phi) is 8.63. The first-order valence-electron chi connectivity index (χ1n) is 11.8. The number of fused-ring (bicyclic) bond motifs is 1. The van der Waals surface area contributed by atoms with Crippen molar-refractivity contribution in [1.29, 1.82) is 0 Å². The van der Waals surface area contributed by atoms with Crippen LogP contribution in [0.1, 0.15) is 36.7 Å². The van der Waals surface area contributed by atoms with E-state index in [4.69, 9.17) is 9.47 Å². The van der Waals surface area contributed by atoms with Crippen LogP contribution in [0.15, 0.2) is 73.4 Å². The lowest BCUT2D eigenvalue weighted by molar-refractivity contribution is -0.118. The third kappa shape index (κ3) is 6.14. The number of benzene rings is 3. The van der Waals surface area contributed by atoms with Crippen LogP contribution in [0.2, 0.25) is 0 Å². The van der Waals surface area contributed by atoms with Crippen molar-refractivity contribution >= 4 is 60.6 Å². The molecule has 1 amide bonds. The van der Waals surface area contributed by atoms with E-state index in [9.17, 15) is 9.59 Å². The molecule has 3 aromatic carbocycles. The van der Waals surface area contributed by atoms with E-state index >= 15 is 0 Å². The highest BCUT2D eigenvalue weighted by atomic mass is 79.9. The summed E-state index contributed by atoms with van der Waals surface area (Å²) in [6.07, 6.45) is 1.56. The molecule has 0 saturated carbocycles. The number of aromatic nitrogens is 2. The Labute approximate surface area is 236 Å². The molecule has 1 N–H and O–H groups in total. The smallest absolute Gasteiger partial charge is 0.282 e. The number of carbonyl (C=O) groups is 1. The number of aryl methyl sites for hydroxylation is 1. The van der Waals surface area contributed by atoms with Crippen molar-refractivity contribution in [3.63, 3.8) is 0 Å². The van der Waals surface area contributed by atoms with E-state index in [0.717, 1.165) is 15.7 Å². The molecule has 4 rings (SSSR count). The quantitative estimate of drug-likeness (QED) is 0.229. The Balaban J connectivity index is 1.60. The average Bonchev–Trinajstić information content (AvgIpc) is 2.88. The molecule has 0 aliphatic carbocycles. The average molecular weight is 642 g/mol. The standard InChI is InChI=1S/C28H26Br2N4O4/c1-16(2)27-33-23-10-9-19(29)13-20(23)28(36)34(27)31-14-18-11-21(30)26(24(12-18)37-4)38-15-25(35)32-22-8-6-5-7-17(22)3/h5-14,16H,15H2,1-4H3,(H,32,35). The van der Waals surface area contributed by atoms with Gasteiger partial charge in [-0.25, -0.2) is 4.98 Å². The number of nitrogens with one attached hydrogen (secondary N) is 1. The number of nitrogens with zero attached hydrogens (tertiary/aromatic N) is 3. The number of hydrogen-bond acceptors (Lipinski definition) is 6. The van der Waals surface area contributed by atoms with E-state index in [1.807, 2.05) is 57.2 Å². The van der Waals surface area contributed by atoms with Gasteiger partial charge in [0.25, 0.3) is 11.5 Å². The summed E-state index contributed by atoms with van der Waals surface area (Å²) < 4.78 is 14.0. The lowest BCUT2D eigenvalue weighted by Crippen LogP contribution is -2.23. The summed E-state index contributed by atoms with van der Waals surface area (Å²) in [6, 6.07) is 16.4. The second kappa shape index (κ2) is 11.9. The SMILES string of the molecule is COc1cc(C=Nn2c(C(C)C)nc3ccc(Br)cc3c2=O)cc(Br)c1OCC(=O)Nc1ccccc1C. The van der Waals surface area contributed by atoms with E-state index in [2.05, 4.69) is 47.3 Å². The minimum absolute atomic E-state index is 0.0317. The zero-order chi connectivity index (χ0) is 27.4. The molecule has 4 aromatic rings. The summed E-state index contributed by atoms with van der Waals surface area (Å²) in [5, 5.41) is 7.78. The molecule has 38 heavy (non-hydrogen) atoms. The zero-order valence-corrected chi connectivity index (χ0v) is 24.5. The van der Waals surface area contributed by atoms with Gasteiger partial charge in [0, 0.05) is 16.1 Å². The second-order valence-electron chi connectivity index (χ2n) is 8.83. The highest BCUT2D eigenvalue weighted by Gasteiger charge is 2.16. The van der Waals surface area contributed by atoms with E-state index in [-0.39, 0.29) is 24.0 Å². The number of methoxy groups -OCH3 is 1. The largest absolute Gasteiger partial charge is 0.493 e. The van der Waals surface area contributed by atoms with Crippen LogP contribution in [0.4, 0.5) is 5.69 Å². The molecule has 0 bridgehead atoms. The van der Waals surface area contributed by atoms with Crippen LogP contribution < -0.4 is 20.3 Å². The van der Waals surface area contributed by atoms with Crippen LogP contribution >= 0.6 is 31.9 Å². The van der Waals surface area contributed by atoms with Gasteiger partial charge in [0.2, 0.25) is 0 Å². The normalized spacial score (nSPS) is 11.3. The predicted molar refractivity (Wildman–Crippen MR) is 157 cm³/mol. The Morgan fingerprint density at radius 2 is 1.92 bits per heavy atom. The minimum atomic E-state index is -0.296. The molecule has 8 nitrogen and oxygen atoms in total. The Hall–Kier alpha value is -3.50. The van der Waals surface area contributed by atoms with Gasteiger partial charge >= 0.3 is 0 Å². The van der Waals surface area contributed by atoms with E-state index in [0.29, 0.717) is 38.3 Å². The van der Waals surface area contributed by atoms with E-state index in [1.165, 1.54) is 11.8 Å². The summed E-state index contributed by atoms with van der Waals surface area (Å²) in [7, 11) is 1.51. The first kappa shape index (κ1) is 27.5. The first-order valence-corrected chi connectivity index (χ1v) is 13.4. The van der Waals surface area contributed by atoms with Crippen LogP contribution in [0.5, 0.6) is 11.5 Å². The second-order valence-corrected chi connectivity index (χ2v) is 10.6.